The van der Waals surface area contributed by atoms with Crippen molar-refractivity contribution in [3.8, 4) is 16.9 Å². The summed E-state index contributed by atoms with van der Waals surface area (Å²) >= 11 is 1.13. The van der Waals surface area contributed by atoms with E-state index in [1.54, 1.807) is 42.6 Å². The van der Waals surface area contributed by atoms with Gasteiger partial charge in [-0.25, -0.2) is 4.79 Å². The smallest absolute Gasteiger partial charge is 0.341 e. The first-order valence-electron chi connectivity index (χ1n) is 8.94. The van der Waals surface area contributed by atoms with Crippen molar-refractivity contribution in [1.82, 2.24) is 0 Å². The number of hydrogen-bond acceptors (Lipinski definition) is 7. The summed E-state index contributed by atoms with van der Waals surface area (Å²) in [4.78, 5) is 36.1. The highest BCUT2D eigenvalue weighted by molar-refractivity contribution is 7.15. The van der Waals surface area contributed by atoms with Crippen LogP contribution in [-0.4, -0.2) is 30.5 Å². The van der Waals surface area contributed by atoms with E-state index in [0.717, 1.165) is 11.3 Å². The van der Waals surface area contributed by atoms with Gasteiger partial charge in [0.25, 0.3) is 11.6 Å². The summed E-state index contributed by atoms with van der Waals surface area (Å²) in [5.41, 5.74) is 1.26. The van der Waals surface area contributed by atoms with E-state index < -0.39 is 16.8 Å². The van der Waals surface area contributed by atoms with Crippen LogP contribution in [0.1, 0.15) is 27.6 Å². The molecule has 1 amide bonds. The second-order valence-electron chi connectivity index (χ2n) is 6.04. The van der Waals surface area contributed by atoms with Gasteiger partial charge in [-0.3, -0.25) is 14.9 Å². The molecule has 0 aliphatic heterocycles. The Morgan fingerprint density at radius 2 is 1.93 bits per heavy atom. The van der Waals surface area contributed by atoms with Gasteiger partial charge in [-0.05, 0) is 24.6 Å². The molecular weight excluding hydrogens is 408 g/mol. The van der Waals surface area contributed by atoms with Gasteiger partial charge in [0.05, 0.1) is 24.2 Å². The number of nitrogens with zero attached hydrogens (tertiary/aromatic N) is 1. The SMILES string of the molecule is CCOC(=O)c1c(-c2cccc([N+](=O)[O-])c2)csc1NC(=O)c1ccccc1OC. The van der Waals surface area contributed by atoms with Crippen molar-refractivity contribution in [2.75, 3.05) is 19.0 Å². The quantitative estimate of drug-likeness (QED) is 0.331. The van der Waals surface area contributed by atoms with Crippen molar-refractivity contribution < 1.29 is 24.0 Å². The second-order valence-corrected chi connectivity index (χ2v) is 6.92. The standard InChI is InChI=1S/C21H18N2O6S/c1-3-29-21(25)18-16(13-7-6-8-14(11-13)23(26)27)12-30-20(18)22-19(24)15-9-4-5-10-17(15)28-2/h4-12H,3H2,1-2H3,(H,22,24). The molecule has 0 bridgehead atoms. The maximum atomic E-state index is 12.8. The number of methoxy groups -OCH3 is 1. The molecule has 0 spiro atoms. The number of benzene rings is 2. The highest BCUT2D eigenvalue weighted by Gasteiger charge is 2.24. The van der Waals surface area contributed by atoms with Crippen LogP contribution >= 0.6 is 11.3 Å². The van der Waals surface area contributed by atoms with Gasteiger partial charge in [0.15, 0.2) is 0 Å². The van der Waals surface area contributed by atoms with Gasteiger partial charge < -0.3 is 14.8 Å². The van der Waals surface area contributed by atoms with E-state index in [9.17, 15) is 19.7 Å². The van der Waals surface area contributed by atoms with Crippen LogP contribution in [0.15, 0.2) is 53.9 Å². The molecule has 0 saturated carbocycles. The van der Waals surface area contributed by atoms with Crippen molar-refractivity contribution in [2.45, 2.75) is 6.92 Å². The first-order valence-corrected chi connectivity index (χ1v) is 9.82. The molecular formula is C21H18N2O6S. The molecule has 9 heteroatoms. The van der Waals surface area contributed by atoms with Gasteiger partial charge in [0.2, 0.25) is 0 Å². The minimum atomic E-state index is -0.629. The van der Waals surface area contributed by atoms with Gasteiger partial charge in [-0.15, -0.1) is 11.3 Å². The molecule has 2 aromatic carbocycles. The molecule has 8 nitrogen and oxygen atoms in total. The zero-order valence-corrected chi connectivity index (χ0v) is 17.0. The Hall–Kier alpha value is -3.72. The molecule has 1 heterocycles. The van der Waals surface area contributed by atoms with Gasteiger partial charge >= 0.3 is 5.97 Å². The maximum Gasteiger partial charge on any atom is 0.341 e. The van der Waals surface area contributed by atoms with E-state index in [2.05, 4.69) is 5.32 Å². The number of anilines is 1. The molecule has 0 atom stereocenters. The third kappa shape index (κ3) is 4.31. The summed E-state index contributed by atoms with van der Waals surface area (Å²) < 4.78 is 10.4. The molecule has 0 aliphatic carbocycles. The van der Waals surface area contributed by atoms with Crippen molar-refractivity contribution in [3.63, 3.8) is 0 Å². The molecule has 3 aromatic rings. The fraction of sp³-hybridized carbons (Fsp3) is 0.143. The zero-order valence-electron chi connectivity index (χ0n) is 16.2. The van der Waals surface area contributed by atoms with Crippen LogP contribution in [0, 0.1) is 10.1 Å². The lowest BCUT2D eigenvalue weighted by atomic mass is 10.0. The number of ether oxygens (including phenoxy) is 2. The van der Waals surface area contributed by atoms with Crippen LogP contribution in [0.4, 0.5) is 10.7 Å². The number of hydrogen-bond donors (Lipinski definition) is 1. The van der Waals surface area contributed by atoms with Crippen molar-refractivity contribution in [3.05, 3.63) is 75.2 Å². The van der Waals surface area contributed by atoms with E-state index in [1.807, 2.05) is 0 Å². The average molecular weight is 426 g/mol. The summed E-state index contributed by atoms with van der Waals surface area (Å²) in [7, 11) is 1.46. The lowest BCUT2D eigenvalue weighted by Gasteiger charge is -2.10. The molecule has 154 valence electrons. The summed E-state index contributed by atoms with van der Waals surface area (Å²) in [6.07, 6.45) is 0. The number of amides is 1. The monoisotopic (exact) mass is 426 g/mol. The van der Waals surface area contributed by atoms with Crippen LogP contribution in [0.3, 0.4) is 0 Å². The largest absolute Gasteiger partial charge is 0.496 e. The maximum absolute atomic E-state index is 12.8. The number of thiophene rings is 1. The number of nitro groups is 1. The number of carbonyl (C=O) groups excluding carboxylic acids is 2. The Bertz CT molecular complexity index is 1110. The lowest BCUT2D eigenvalue weighted by Crippen LogP contribution is -2.15. The van der Waals surface area contributed by atoms with E-state index in [1.165, 1.54) is 25.3 Å². The lowest BCUT2D eigenvalue weighted by molar-refractivity contribution is -0.384. The summed E-state index contributed by atoms with van der Waals surface area (Å²) in [5, 5.41) is 15.8. The minimum absolute atomic E-state index is 0.104. The van der Waals surface area contributed by atoms with Crippen LogP contribution in [0.5, 0.6) is 5.75 Å². The molecule has 1 aromatic heterocycles. The van der Waals surface area contributed by atoms with Crippen molar-refractivity contribution in [1.29, 1.82) is 0 Å². The minimum Gasteiger partial charge on any atom is -0.496 e. The van der Waals surface area contributed by atoms with Gasteiger partial charge in [0.1, 0.15) is 16.3 Å². The predicted octanol–water partition coefficient (Wildman–Crippen LogP) is 4.76. The van der Waals surface area contributed by atoms with Gasteiger partial charge in [-0.1, -0.05) is 24.3 Å². The second kappa shape index (κ2) is 9.19. The fourth-order valence-corrected chi connectivity index (χ4v) is 3.81. The van der Waals surface area contributed by atoms with E-state index >= 15 is 0 Å². The topological polar surface area (TPSA) is 108 Å². The number of esters is 1. The summed E-state index contributed by atoms with van der Waals surface area (Å²) in [6.45, 7) is 1.81. The third-order valence-electron chi connectivity index (χ3n) is 4.22. The van der Waals surface area contributed by atoms with Crippen LogP contribution < -0.4 is 10.1 Å². The molecule has 1 N–H and O–H groups in total. The van der Waals surface area contributed by atoms with Crippen molar-refractivity contribution >= 4 is 33.9 Å². The number of rotatable bonds is 7. The molecule has 0 unspecified atom stereocenters. The summed E-state index contributed by atoms with van der Waals surface area (Å²) in [6, 6.07) is 12.6. The van der Waals surface area contributed by atoms with Crippen molar-refractivity contribution in [2.24, 2.45) is 0 Å². The number of non-ortho nitro benzene ring substituents is 1. The number of para-hydroxylation sites is 1. The Morgan fingerprint density at radius 3 is 2.63 bits per heavy atom. The van der Waals surface area contributed by atoms with Gasteiger partial charge in [-0.2, -0.15) is 0 Å². The van der Waals surface area contributed by atoms with Crippen LogP contribution in [0.25, 0.3) is 11.1 Å². The normalized spacial score (nSPS) is 10.3. The van der Waals surface area contributed by atoms with E-state index in [4.69, 9.17) is 9.47 Å². The molecule has 0 radical (unpaired) electrons. The van der Waals surface area contributed by atoms with E-state index in [0.29, 0.717) is 22.4 Å². The first kappa shape index (κ1) is 21.0. The molecule has 0 fully saturated rings. The van der Waals surface area contributed by atoms with Crippen LogP contribution in [0.2, 0.25) is 0 Å². The Kier molecular flexibility index (Phi) is 6.43. The Morgan fingerprint density at radius 1 is 1.17 bits per heavy atom. The third-order valence-corrected chi connectivity index (χ3v) is 5.11. The number of nitrogens with one attached hydrogen (secondary N) is 1. The molecule has 3 rings (SSSR count). The van der Waals surface area contributed by atoms with Gasteiger partial charge in [0, 0.05) is 23.1 Å². The molecule has 0 aliphatic rings. The summed E-state index contributed by atoms with van der Waals surface area (Å²) in [5.74, 6) is -0.691. The first-order chi connectivity index (χ1) is 14.5. The fourth-order valence-electron chi connectivity index (χ4n) is 2.86. The van der Waals surface area contributed by atoms with Crippen LogP contribution in [-0.2, 0) is 4.74 Å². The molecule has 30 heavy (non-hydrogen) atoms. The number of nitro benzene ring substituents is 1. The Labute approximate surface area is 176 Å². The average Bonchev–Trinajstić information content (AvgIpc) is 3.17. The predicted molar refractivity (Wildman–Crippen MR) is 113 cm³/mol. The highest BCUT2D eigenvalue weighted by atomic mass is 32.1. The highest BCUT2D eigenvalue weighted by Crippen LogP contribution is 2.37. The molecule has 0 saturated heterocycles. The van der Waals surface area contributed by atoms with E-state index in [-0.39, 0.29) is 22.9 Å². The number of carbonyl (C=O) groups is 2. The Balaban J connectivity index is 2.03. The zero-order chi connectivity index (χ0) is 21.7.